The molecule has 3 rings (SSSR count). The lowest BCUT2D eigenvalue weighted by Gasteiger charge is -2.15. The van der Waals surface area contributed by atoms with Crippen molar-refractivity contribution in [2.45, 2.75) is 13.8 Å². The van der Waals surface area contributed by atoms with Gasteiger partial charge in [0.1, 0.15) is 0 Å². The monoisotopic (exact) mass is 373 g/mol. The Morgan fingerprint density at radius 3 is 2.73 bits per heavy atom. The lowest BCUT2D eigenvalue weighted by Crippen LogP contribution is -2.36. The molecule has 0 bridgehead atoms. The predicted molar refractivity (Wildman–Crippen MR) is 104 cm³/mol. The minimum absolute atomic E-state index is 0.0549. The van der Waals surface area contributed by atoms with E-state index in [2.05, 4.69) is 29.5 Å². The number of anilines is 1. The molecule has 26 heavy (non-hydrogen) atoms. The van der Waals surface area contributed by atoms with Crippen LogP contribution in [0.25, 0.3) is 16.0 Å². The first kappa shape index (κ1) is 18.3. The van der Waals surface area contributed by atoms with Gasteiger partial charge in [-0.1, -0.05) is 29.0 Å². The van der Waals surface area contributed by atoms with E-state index in [1.54, 1.807) is 18.4 Å². The van der Waals surface area contributed by atoms with Crippen molar-refractivity contribution in [2.75, 3.05) is 38.8 Å². The molecule has 0 fully saturated rings. The number of nitrogens with zero attached hydrogens (tertiary/aromatic N) is 4. The average molecular weight is 373 g/mol. The molecule has 0 aliphatic carbocycles. The molecule has 2 aromatic heterocycles. The highest BCUT2D eigenvalue weighted by atomic mass is 32.1. The highest BCUT2D eigenvalue weighted by Gasteiger charge is 2.18. The number of fused-ring (bicyclic) bond motifs is 1. The van der Waals surface area contributed by atoms with Crippen LogP contribution in [-0.4, -0.2) is 54.5 Å². The molecule has 0 saturated heterocycles. The van der Waals surface area contributed by atoms with E-state index in [4.69, 9.17) is 9.72 Å². The topological polar surface area (TPSA) is 72.3 Å². The fraction of sp³-hybridized carbons (Fsp3) is 0.389. The van der Waals surface area contributed by atoms with Crippen molar-refractivity contribution in [3.05, 3.63) is 35.5 Å². The van der Waals surface area contributed by atoms with E-state index >= 15 is 0 Å². The summed E-state index contributed by atoms with van der Waals surface area (Å²) in [5.74, 6) is -0.0549. The first-order chi connectivity index (χ1) is 12.5. The Balaban J connectivity index is 1.82. The maximum Gasteiger partial charge on any atom is 0.239 e. The molecule has 1 amide bonds. The maximum absolute atomic E-state index is 12.0. The number of thiazole rings is 1. The van der Waals surface area contributed by atoms with E-state index in [9.17, 15) is 4.79 Å². The van der Waals surface area contributed by atoms with Gasteiger partial charge in [0.05, 0.1) is 29.2 Å². The minimum atomic E-state index is -0.0549. The number of aromatic nitrogens is 3. The van der Waals surface area contributed by atoms with Crippen molar-refractivity contribution in [1.29, 1.82) is 0 Å². The number of hydrogen-bond donors (Lipinski definition) is 1. The summed E-state index contributed by atoms with van der Waals surface area (Å²) < 4.78 is 7.83. The van der Waals surface area contributed by atoms with Gasteiger partial charge in [-0.15, -0.1) is 0 Å². The van der Waals surface area contributed by atoms with Crippen LogP contribution in [0.4, 0.5) is 5.13 Å². The highest BCUT2D eigenvalue weighted by molar-refractivity contribution is 7.22. The van der Waals surface area contributed by atoms with Gasteiger partial charge in [-0.3, -0.25) is 4.79 Å². The number of nitrogens with one attached hydrogen (secondary N) is 1. The molecule has 0 aliphatic heterocycles. The zero-order chi connectivity index (χ0) is 18.7. The number of carbonyl (C=O) groups excluding carboxylic acids is 1. The number of likely N-dealkylation sites (N-methyl/N-ethyl adjacent to an activating group) is 1. The van der Waals surface area contributed by atoms with Crippen LogP contribution in [0.3, 0.4) is 0 Å². The first-order valence-electron chi connectivity index (χ1n) is 8.39. The van der Waals surface area contributed by atoms with Crippen molar-refractivity contribution in [3.63, 3.8) is 0 Å². The van der Waals surface area contributed by atoms with Gasteiger partial charge in [0, 0.05) is 20.7 Å². The van der Waals surface area contributed by atoms with Crippen LogP contribution < -0.4 is 10.2 Å². The van der Waals surface area contributed by atoms with Crippen molar-refractivity contribution in [1.82, 2.24) is 20.1 Å². The maximum atomic E-state index is 12.0. The van der Waals surface area contributed by atoms with E-state index in [-0.39, 0.29) is 12.5 Å². The van der Waals surface area contributed by atoms with Crippen LogP contribution in [0.1, 0.15) is 11.3 Å². The van der Waals surface area contributed by atoms with Crippen LogP contribution in [0, 0.1) is 13.8 Å². The van der Waals surface area contributed by atoms with Crippen LogP contribution >= 0.6 is 11.3 Å². The molecular formula is C18H23N5O2S. The van der Waals surface area contributed by atoms with Gasteiger partial charge >= 0.3 is 0 Å². The fourth-order valence-corrected chi connectivity index (χ4v) is 3.53. The molecule has 138 valence electrons. The van der Waals surface area contributed by atoms with E-state index < -0.39 is 0 Å². The Morgan fingerprint density at radius 2 is 2.04 bits per heavy atom. The Bertz CT molecular complexity index is 900. The molecular weight excluding hydrogens is 350 g/mol. The molecule has 1 aromatic carbocycles. The summed E-state index contributed by atoms with van der Waals surface area (Å²) in [7, 11) is 3.48. The van der Waals surface area contributed by atoms with Gasteiger partial charge in [-0.25, -0.2) is 4.68 Å². The second kappa shape index (κ2) is 7.84. The summed E-state index contributed by atoms with van der Waals surface area (Å²) in [6, 6.07) is 8.18. The average Bonchev–Trinajstić information content (AvgIpc) is 3.17. The third kappa shape index (κ3) is 3.86. The fourth-order valence-electron chi connectivity index (χ4n) is 2.58. The summed E-state index contributed by atoms with van der Waals surface area (Å²) in [6.07, 6.45) is 0. The molecule has 0 aliphatic rings. The molecule has 8 heteroatoms. The standard InChI is InChI=1S/C18H23N5O2S/c1-12-5-7-14(8-6-12)23-17-16(13(2)21-23)26-18(20-17)22(3)11-15(24)19-9-10-25-4/h5-8H,9-11H2,1-4H3,(H,19,24). The molecule has 0 saturated carbocycles. The molecule has 0 atom stereocenters. The van der Waals surface area contributed by atoms with Gasteiger partial charge in [-0.05, 0) is 26.0 Å². The molecule has 2 heterocycles. The van der Waals surface area contributed by atoms with Gasteiger partial charge in [-0.2, -0.15) is 10.1 Å². The number of rotatable bonds is 7. The third-order valence-corrected chi connectivity index (χ3v) is 5.26. The number of amides is 1. The van der Waals surface area contributed by atoms with Crippen molar-refractivity contribution in [3.8, 4) is 5.69 Å². The lowest BCUT2D eigenvalue weighted by molar-refractivity contribution is -0.119. The van der Waals surface area contributed by atoms with Crippen LogP contribution in [0.15, 0.2) is 24.3 Å². The van der Waals surface area contributed by atoms with Crippen LogP contribution in [0.5, 0.6) is 0 Å². The summed E-state index contributed by atoms with van der Waals surface area (Å²) in [5.41, 5.74) is 3.93. The molecule has 3 aromatic rings. The molecule has 7 nitrogen and oxygen atoms in total. The lowest BCUT2D eigenvalue weighted by atomic mass is 10.2. The van der Waals surface area contributed by atoms with Crippen molar-refractivity contribution in [2.24, 2.45) is 0 Å². The number of aryl methyl sites for hydroxylation is 2. The van der Waals surface area contributed by atoms with Crippen LogP contribution in [0.2, 0.25) is 0 Å². The van der Waals surface area contributed by atoms with Gasteiger partial charge in [0.2, 0.25) is 5.91 Å². The largest absolute Gasteiger partial charge is 0.383 e. The number of benzene rings is 1. The van der Waals surface area contributed by atoms with Crippen molar-refractivity contribution >= 4 is 32.7 Å². The molecule has 0 radical (unpaired) electrons. The Kier molecular flexibility index (Phi) is 5.53. The second-order valence-electron chi connectivity index (χ2n) is 6.18. The zero-order valence-electron chi connectivity index (χ0n) is 15.4. The normalized spacial score (nSPS) is 11.1. The quantitative estimate of drug-likeness (QED) is 0.644. The first-order valence-corrected chi connectivity index (χ1v) is 9.21. The van der Waals surface area contributed by atoms with E-state index in [0.29, 0.717) is 13.2 Å². The Hall–Kier alpha value is -2.45. The van der Waals surface area contributed by atoms with Gasteiger partial charge in [0.15, 0.2) is 10.8 Å². The van der Waals surface area contributed by atoms with E-state index in [1.165, 1.54) is 5.56 Å². The van der Waals surface area contributed by atoms with E-state index in [1.807, 2.05) is 35.7 Å². The SMILES string of the molecule is COCCNC(=O)CN(C)c1nc2c(s1)c(C)nn2-c1ccc(C)cc1. The van der Waals surface area contributed by atoms with E-state index in [0.717, 1.165) is 26.9 Å². The highest BCUT2D eigenvalue weighted by Crippen LogP contribution is 2.31. The summed E-state index contributed by atoms with van der Waals surface area (Å²) in [5, 5.41) is 8.23. The third-order valence-electron chi connectivity index (χ3n) is 3.99. The molecule has 0 unspecified atom stereocenters. The Morgan fingerprint density at radius 1 is 1.31 bits per heavy atom. The summed E-state index contributed by atoms with van der Waals surface area (Å²) in [6.45, 7) is 5.29. The van der Waals surface area contributed by atoms with Crippen LogP contribution in [-0.2, 0) is 9.53 Å². The summed E-state index contributed by atoms with van der Waals surface area (Å²) >= 11 is 1.55. The number of ether oxygens (including phenoxy) is 1. The number of carbonyl (C=O) groups is 1. The Labute approximate surface area is 156 Å². The summed E-state index contributed by atoms with van der Waals surface area (Å²) in [4.78, 5) is 18.6. The number of hydrogen-bond acceptors (Lipinski definition) is 6. The smallest absolute Gasteiger partial charge is 0.239 e. The van der Waals surface area contributed by atoms with Gasteiger partial charge < -0.3 is 15.0 Å². The van der Waals surface area contributed by atoms with Gasteiger partial charge in [0.25, 0.3) is 0 Å². The number of methoxy groups -OCH3 is 1. The minimum Gasteiger partial charge on any atom is -0.383 e. The zero-order valence-corrected chi connectivity index (χ0v) is 16.3. The van der Waals surface area contributed by atoms with Crippen molar-refractivity contribution < 1.29 is 9.53 Å². The predicted octanol–water partition coefficient (Wildman–Crippen LogP) is 2.30. The molecule has 1 N–H and O–H groups in total. The molecule has 0 spiro atoms. The second-order valence-corrected chi connectivity index (χ2v) is 7.16.